The van der Waals surface area contributed by atoms with Gasteiger partial charge in [-0.3, -0.25) is 0 Å². The van der Waals surface area contributed by atoms with Crippen molar-refractivity contribution in [2.45, 2.75) is 31.3 Å². The van der Waals surface area contributed by atoms with Crippen LogP contribution in [-0.4, -0.2) is 26.2 Å². The van der Waals surface area contributed by atoms with Gasteiger partial charge in [0.15, 0.2) is 0 Å². The summed E-state index contributed by atoms with van der Waals surface area (Å²) in [5, 5.41) is 9.62. The van der Waals surface area contributed by atoms with Crippen molar-refractivity contribution in [2.75, 3.05) is 12.3 Å². The standard InChI is InChI=1S/C12H19FN2O3S/c1-8(2)6-9(16)7-15-19(17,18)11-5-3-4-10(13)12(11)14/h3-5,8-9,15-16H,6-7,14H2,1-2H3. The van der Waals surface area contributed by atoms with E-state index in [4.69, 9.17) is 5.73 Å². The molecule has 0 heterocycles. The predicted octanol–water partition coefficient (Wildman–Crippen LogP) is 1.09. The summed E-state index contributed by atoms with van der Waals surface area (Å²) in [6.45, 7) is 3.71. The lowest BCUT2D eigenvalue weighted by atomic mass is 10.1. The second kappa shape index (κ2) is 6.31. The number of aliphatic hydroxyl groups excluding tert-OH is 1. The molecule has 0 aliphatic heterocycles. The Morgan fingerprint density at radius 1 is 1.42 bits per heavy atom. The summed E-state index contributed by atoms with van der Waals surface area (Å²) < 4.78 is 39.3. The van der Waals surface area contributed by atoms with Crippen LogP contribution < -0.4 is 10.5 Å². The lowest BCUT2D eigenvalue weighted by Gasteiger charge is -2.15. The number of anilines is 1. The van der Waals surface area contributed by atoms with Crippen molar-refractivity contribution < 1.29 is 17.9 Å². The normalized spacial score (nSPS) is 13.7. The van der Waals surface area contributed by atoms with E-state index < -0.39 is 27.6 Å². The highest BCUT2D eigenvalue weighted by Gasteiger charge is 2.20. The van der Waals surface area contributed by atoms with E-state index in [0.29, 0.717) is 6.42 Å². The van der Waals surface area contributed by atoms with Crippen LogP contribution >= 0.6 is 0 Å². The number of halogens is 1. The number of nitrogens with two attached hydrogens (primary N) is 1. The van der Waals surface area contributed by atoms with Gasteiger partial charge in [0.2, 0.25) is 10.0 Å². The van der Waals surface area contributed by atoms with E-state index in [-0.39, 0.29) is 17.4 Å². The van der Waals surface area contributed by atoms with Gasteiger partial charge < -0.3 is 10.8 Å². The van der Waals surface area contributed by atoms with Crippen LogP contribution in [0.2, 0.25) is 0 Å². The summed E-state index contributed by atoms with van der Waals surface area (Å²) in [6.07, 6.45) is -0.314. The maximum absolute atomic E-state index is 13.2. The SMILES string of the molecule is CC(C)CC(O)CNS(=O)(=O)c1cccc(F)c1N. The third-order valence-corrected chi connectivity index (χ3v) is 4.04. The van der Waals surface area contributed by atoms with Gasteiger partial charge in [-0.25, -0.2) is 17.5 Å². The lowest BCUT2D eigenvalue weighted by molar-refractivity contribution is 0.152. The zero-order chi connectivity index (χ0) is 14.6. The Balaban J connectivity index is 2.79. The van der Waals surface area contributed by atoms with Gasteiger partial charge in [0.25, 0.3) is 0 Å². The van der Waals surface area contributed by atoms with Gasteiger partial charge in [-0.2, -0.15) is 0 Å². The van der Waals surface area contributed by atoms with E-state index >= 15 is 0 Å². The first-order valence-corrected chi connectivity index (χ1v) is 7.44. The second-order valence-corrected chi connectivity index (χ2v) is 6.52. The molecule has 0 bridgehead atoms. The van der Waals surface area contributed by atoms with E-state index in [1.54, 1.807) is 0 Å². The van der Waals surface area contributed by atoms with Crippen molar-refractivity contribution in [2.24, 2.45) is 5.92 Å². The molecule has 0 aliphatic carbocycles. The molecule has 4 N–H and O–H groups in total. The average Bonchev–Trinajstić information content (AvgIpc) is 2.29. The van der Waals surface area contributed by atoms with E-state index in [2.05, 4.69) is 4.72 Å². The summed E-state index contributed by atoms with van der Waals surface area (Å²) >= 11 is 0. The van der Waals surface area contributed by atoms with Crippen LogP contribution in [0.4, 0.5) is 10.1 Å². The Labute approximate surface area is 112 Å². The molecule has 0 radical (unpaired) electrons. The quantitative estimate of drug-likeness (QED) is 0.684. The molecule has 1 atom stereocenters. The Morgan fingerprint density at radius 3 is 2.63 bits per heavy atom. The summed E-state index contributed by atoms with van der Waals surface area (Å²) in [5.41, 5.74) is 4.98. The van der Waals surface area contributed by atoms with Crippen molar-refractivity contribution >= 4 is 15.7 Å². The molecule has 0 saturated heterocycles. The third-order valence-electron chi connectivity index (χ3n) is 2.55. The Morgan fingerprint density at radius 2 is 2.05 bits per heavy atom. The molecule has 19 heavy (non-hydrogen) atoms. The third kappa shape index (κ3) is 4.45. The summed E-state index contributed by atoms with van der Waals surface area (Å²) in [5.74, 6) is -0.538. The number of nitrogens with one attached hydrogen (secondary N) is 1. The van der Waals surface area contributed by atoms with E-state index in [0.717, 1.165) is 6.07 Å². The van der Waals surface area contributed by atoms with Gasteiger partial charge in [0, 0.05) is 6.54 Å². The minimum atomic E-state index is -3.92. The van der Waals surface area contributed by atoms with Crippen LogP contribution in [0.25, 0.3) is 0 Å². The molecule has 1 aromatic rings. The maximum atomic E-state index is 13.2. The summed E-state index contributed by atoms with van der Waals surface area (Å²) in [6, 6.07) is 3.57. The number of hydrogen-bond donors (Lipinski definition) is 3. The Hall–Kier alpha value is -1.18. The van der Waals surface area contributed by atoms with E-state index in [1.165, 1.54) is 12.1 Å². The fourth-order valence-electron chi connectivity index (χ4n) is 1.66. The number of hydrogen-bond acceptors (Lipinski definition) is 4. The first-order chi connectivity index (χ1) is 8.74. The topological polar surface area (TPSA) is 92.4 Å². The number of rotatable bonds is 6. The van der Waals surface area contributed by atoms with Crippen LogP contribution in [0.5, 0.6) is 0 Å². The zero-order valence-electron chi connectivity index (χ0n) is 10.9. The van der Waals surface area contributed by atoms with Gasteiger partial charge >= 0.3 is 0 Å². The molecular formula is C12H19FN2O3S. The van der Waals surface area contributed by atoms with Crippen LogP contribution in [0.1, 0.15) is 20.3 Å². The monoisotopic (exact) mass is 290 g/mol. The van der Waals surface area contributed by atoms with Crippen LogP contribution in [-0.2, 0) is 10.0 Å². The number of sulfonamides is 1. The molecule has 1 aromatic carbocycles. The smallest absolute Gasteiger partial charge is 0.242 e. The molecule has 0 saturated carbocycles. The molecular weight excluding hydrogens is 271 g/mol. The molecule has 0 spiro atoms. The van der Waals surface area contributed by atoms with E-state index in [1.807, 2.05) is 13.8 Å². The lowest BCUT2D eigenvalue weighted by Crippen LogP contribution is -2.33. The first-order valence-electron chi connectivity index (χ1n) is 5.95. The molecule has 0 aliphatic rings. The van der Waals surface area contributed by atoms with Crippen molar-refractivity contribution in [3.63, 3.8) is 0 Å². The molecule has 108 valence electrons. The minimum Gasteiger partial charge on any atom is -0.395 e. The highest BCUT2D eigenvalue weighted by Crippen LogP contribution is 2.20. The second-order valence-electron chi connectivity index (χ2n) is 4.79. The largest absolute Gasteiger partial charge is 0.395 e. The molecule has 1 rings (SSSR count). The Kier molecular flexibility index (Phi) is 5.28. The van der Waals surface area contributed by atoms with Crippen molar-refractivity contribution in [1.29, 1.82) is 0 Å². The van der Waals surface area contributed by atoms with Gasteiger partial charge in [0.05, 0.1) is 11.8 Å². The van der Waals surface area contributed by atoms with Gasteiger partial charge in [-0.15, -0.1) is 0 Å². The number of benzene rings is 1. The molecule has 5 nitrogen and oxygen atoms in total. The minimum absolute atomic E-state index is 0.129. The van der Waals surface area contributed by atoms with Crippen molar-refractivity contribution in [3.8, 4) is 0 Å². The molecule has 0 aromatic heterocycles. The fourth-order valence-corrected chi connectivity index (χ4v) is 2.87. The van der Waals surface area contributed by atoms with Crippen molar-refractivity contribution in [3.05, 3.63) is 24.0 Å². The van der Waals surface area contributed by atoms with Gasteiger partial charge in [-0.1, -0.05) is 19.9 Å². The van der Waals surface area contributed by atoms with Crippen LogP contribution in [0.15, 0.2) is 23.1 Å². The van der Waals surface area contributed by atoms with Gasteiger partial charge in [-0.05, 0) is 24.5 Å². The van der Waals surface area contributed by atoms with Crippen molar-refractivity contribution in [1.82, 2.24) is 4.72 Å². The van der Waals surface area contributed by atoms with Gasteiger partial charge in [0.1, 0.15) is 10.7 Å². The molecule has 7 heteroatoms. The summed E-state index contributed by atoms with van der Waals surface area (Å²) in [7, 11) is -3.92. The Bertz CT molecular complexity index is 532. The number of para-hydroxylation sites is 1. The zero-order valence-corrected chi connectivity index (χ0v) is 11.7. The number of nitrogen functional groups attached to an aromatic ring is 1. The van der Waals surface area contributed by atoms with Crippen LogP contribution in [0, 0.1) is 11.7 Å². The van der Waals surface area contributed by atoms with E-state index in [9.17, 15) is 17.9 Å². The first kappa shape index (κ1) is 15.9. The molecule has 1 unspecified atom stereocenters. The highest BCUT2D eigenvalue weighted by atomic mass is 32.2. The predicted molar refractivity (Wildman–Crippen MR) is 71.5 cm³/mol. The molecule has 0 amide bonds. The maximum Gasteiger partial charge on any atom is 0.242 e. The number of aliphatic hydroxyl groups is 1. The average molecular weight is 290 g/mol. The van der Waals surface area contributed by atoms with Crippen LogP contribution in [0.3, 0.4) is 0 Å². The summed E-state index contributed by atoms with van der Waals surface area (Å²) in [4.78, 5) is -0.316. The molecule has 0 fully saturated rings. The fraction of sp³-hybridized carbons (Fsp3) is 0.500. The highest BCUT2D eigenvalue weighted by molar-refractivity contribution is 7.89.